The molecule has 17 N–H and O–H groups in total. The van der Waals surface area contributed by atoms with Crippen LogP contribution in [0.3, 0.4) is 0 Å². The number of hydrogen-bond donors (Lipinski definition) is 17. The van der Waals surface area contributed by atoms with Gasteiger partial charge >= 0.3 is 49.2 Å². The van der Waals surface area contributed by atoms with Gasteiger partial charge < -0.3 is 130 Å². The van der Waals surface area contributed by atoms with Crippen molar-refractivity contribution in [1.82, 2.24) is 31.9 Å². The second kappa shape index (κ2) is 39.4. The molecule has 6 saturated heterocycles. The summed E-state index contributed by atoms with van der Waals surface area (Å²) >= 11 is 1.83. The quantitative estimate of drug-likeness (QED) is 0.0153. The van der Waals surface area contributed by atoms with Crippen LogP contribution in [-0.4, -0.2) is 353 Å². The van der Waals surface area contributed by atoms with Gasteiger partial charge in [0.25, 0.3) is 0 Å². The van der Waals surface area contributed by atoms with Crippen molar-refractivity contribution in [3.8, 4) is 0 Å². The second-order valence-electron chi connectivity index (χ2n) is 22.8. The Balaban J connectivity index is 0.960. The molecule has 6 fully saturated rings. The minimum atomic E-state index is -5.74. The Hall–Kier alpha value is -4.67. The number of thioether (sulfide) groups is 1. The summed E-state index contributed by atoms with van der Waals surface area (Å²) in [5.41, 5.74) is 0. The summed E-state index contributed by atoms with van der Waals surface area (Å²) in [7, 11) is -16.8. The van der Waals surface area contributed by atoms with Gasteiger partial charge in [0.05, 0.1) is 84.8 Å². The minimum absolute atomic E-state index is 0.0392. The Labute approximate surface area is 574 Å². The van der Waals surface area contributed by atoms with Crippen molar-refractivity contribution in [2.45, 2.75) is 186 Å². The molecule has 6 aliphatic heterocycles. The second-order valence-corrected chi connectivity index (χ2v) is 27.3. The van der Waals surface area contributed by atoms with Crippen molar-refractivity contribution in [3.05, 3.63) is 0 Å². The Morgan fingerprint density at radius 2 is 1.03 bits per heavy atom. The number of carboxylic acids is 2. The van der Waals surface area contributed by atoms with Crippen molar-refractivity contribution in [1.29, 1.82) is 0 Å². The Morgan fingerprint density at radius 1 is 0.540 bits per heavy atom. The summed E-state index contributed by atoms with van der Waals surface area (Å²) in [5, 5.41) is 104. The number of fused-ring (bicyclic) bond motifs is 1. The van der Waals surface area contributed by atoms with Gasteiger partial charge in [-0.15, -0.1) is 0 Å². The third-order valence-corrected chi connectivity index (χ3v) is 18.4. The molecule has 576 valence electrons. The first kappa shape index (κ1) is 84.3. The lowest BCUT2D eigenvalue weighted by Gasteiger charge is -2.50. The molecule has 23 atom stereocenters. The van der Waals surface area contributed by atoms with Crippen molar-refractivity contribution in [2.75, 3.05) is 91.5 Å². The predicted octanol–water partition coefficient (Wildman–Crippen LogP) is -9.36. The summed E-state index contributed by atoms with van der Waals surface area (Å²) in [6.45, 7) is -0.0311. The number of ether oxygens (including phenoxy) is 12. The predicted molar refractivity (Wildman–Crippen MR) is 321 cm³/mol. The minimum Gasteiger partial charge on any atom is -0.479 e. The van der Waals surface area contributed by atoms with E-state index in [0.29, 0.717) is 31.4 Å². The van der Waals surface area contributed by atoms with Crippen molar-refractivity contribution < 1.29 is 183 Å². The zero-order chi connectivity index (χ0) is 73.8. The lowest BCUT2D eigenvalue weighted by molar-refractivity contribution is -0.367. The Bertz CT molecular complexity index is 3040. The largest absolute Gasteiger partial charge is 0.479 e. The molecule has 0 bridgehead atoms. The number of unbranched alkanes of at least 4 members (excludes halogenated alkanes) is 1. The number of carbonyl (C=O) groups is 7. The molecule has 0 unspecified atom stereocenters. The van der Waals surface area contributed by atoms with E-state index in [9.17, 15) is 113 Å². The molecule has 6 heterocycles. The zero-order valence-corrected chi connectivity index (χ0v) is 56.5. The third-order valence-electron chi connectivity index (χ3n) is 15.5. The van der Waals surface area contributed by atoms with Gasteiger partial charge in [-0.05, 0) is 12.8 Å². The number of aliphatic hydroxyl groups is 6. The molecule has 0 radical (unpaired) electrons. The summed E-state index contributed by atoms with van der Waals surface area (Å²) in [5.74, 6) is -6.00. The number of urea groups is 1. The lowest BCUT2D eigenvalue weighted by atomic mass is 9.94. The number of aliphatic hydroxyl groups excluding tert-OH is 6. The van der Waals surface area contributed by atoms with Crippen LogP contribution >= 0.6 is 11.8 Å². The monoisotopic (exact) mass is 1530 g/mol. The number of nitrogens with one attached hydrogen (secondary N) is 6. The van der Waals surface area contributed by atoms with E-state index in [1.54, 1.807) is 0 Å². The fourth-order valence-corrected chi connectivity index (χ4v) is 13.9. The van der Waals surface area contributed by atoms with Crippen LogP contribution in [0.25, 0.3) is 0 Å². The van der Waals surface area contributed by atoms with Gasteiger partial charge in [-0.25, -0.2) is 26.9 Å². The normalized spacial score (nSPS) is 33.9. The first-order valence-electron chi connectivity index (χ1n) is 30.7. The molecular formula is C51H84N6O39S4. The van der Waals surface area contributed by atoms with Crippen LogP contribution in [0, 0.1) is 0 Å². The third kappa shape index (κ3) is 26.2. The van der Waals surface area contributed by atoms with E-state index in [0.717, 1.165) is 38.9 Å². The van der Waals surface area contributed by atoms with Crippen LogP contribution < -0.4 is 31.9 Å². The number of aliphatic carboxylic acids is 2. The van der Waals surface area contributed by atoms with E-state index < -0.39 is 203 Å². The van der Waals surface area contributed by atoms with Gasteiger partial charge in [-0.1, -0.05) is 6.42 Å². The van der Waals surface area contributed by atoms with Crippen LogP contribution in [0.2, 0.25) is 0 Å². The standard InChI is InChI=1S/C51H84N6O39S4/c1-22(59)54-31-33(63)38(95-99(76,77)78)26(20-87-98(73,74)75)89-47(31)91-42-35(65)37(67)50(94-44(42)46(70)71)90-40-32(55-23(2)60)48(88-25(19-58)39(40)96-100(79,80)81)92-41-34(64)36(66)49(93-43(41)45(68)69)86-12-9-53-29(62)7-10-82-13-15-84-17-18-85-16-14-83-11-8-52-28(61)6-4-3-5-27-30-24(21-97-27)56-51(72)57-30/h24-27,30-44,47-50,58,63-67H,3-21H2,1-2H3,(H,52,61)(H,53,62)(H,54,59)(H,55,60)(H,68,69)(H,70,71)(H2,56,57,72)(H,73,74,75)(H,76,77,78)(H,79,80,81)/t24-,25+,26+,27-,30-,31+,32+,33+,34+,35+,36+,37+,38-,39-,40+,41-,42-,43-,44-,47-,48-,49+,50+/m0/s1. The number of hydrogen-bond acceptors (Lipinski definition) is 35. The molecule has 100 heavy (non-hydrogen) atoms. The summed E-state index contributed by atoms with van der Waals surface area (Å²) in [4.78, 5) is 87.0. The molecule has 0 aromatic heterocycles. The van der Waals surface area contributed by atoms with Crippen LogP contribution in [0.15, 0.2) is 0 Å². The van der Waals surface area contributed by atoms with Crippen LogP contribution in [0.5, 0.6) is 0 Å². The number of carbonyl (C=O) groups excluding carboxylic acids is 5. The summed E-state index contributed by atoms with van der Waals surface area (Å²) < 4.78 is 179. The molecule has 6 aliphatic rings. The molecule has 6 amide bonds. The highest BCUT2D eigenvalue weighted by atomic mass is 32.3. The smallest absolute Gasteiger partial charge is 0.397 e. The average Bonchev–Trinajstić information content (AvgIpc) is 1.27. The Morgan fingerprint density at radius 3 is 1.58 bits per heavy atom. The van der Waals surface area contributed by atoms with Gasteiger partial charge in [0.15, 0.2) is 37.4 Å². The van der Waals surface area contributed by atoms with E-state index >= 15 is 0 Å². The van der Waals surface area contributed by atoms with E-state index in [-0.39, 0.29) is 76.6 Å². The maximum Gasteiger partial charge on any atom is 0.397 e. The van der Waals surface area contributed by atoms with Gasteiger partial charge in [-0.3, -0.25) is 32.8 Å². The van der Waals surface area contributed by atoms with Crippen LogP contribution in [0.4, 0.5) is 4.79 Å². The number of rotatable bonds is 42. The molecule has 0 aliphatic carbocycles. The van der Waals surface area contributed by atoms with Crippen molar-refractivity contribution in [2.24, 2.45) is 0 Å². The first-order valence-corrected chi connectivity index (χ1v) is 35.9. The molecule has 6 rings (SSSR count). The maximum absolute atomic E-state index is 12.9. The van der Waals surface area contributed by atoms with Crippen LogP contribution in [0.1, 0.15) is 46.0 Å². The van der Waals surface area contributed by atoms with Gasteiger partial charge in [0.2, 0.25) is 23.6 Å². The van der Waals surface area contributed by atoms with Gasteiger partial charge in [0, 0.05) is 50.8 Å². The molecule has 0 aromatic carbocycles. The van der Waals surface area contributed by atoms with Crippen LogP contribution in [-0.2, 0) is 129 Å². The highest BCUT2D eigenvalue weighted by Crippen LogP contribution is 2.38. The van der Waals surface area contributed by atoms with Crippen molar-refractivity contribution in [3.63, 3.8) is 0 Å². The van der Waals surface area contributed by atoms with Gasteiger partial charge in [0.1, 0.15) is 85.3 Å². The van der Waals surface area contributed by atoms with E-state index in [1.807, 2.05) is 17.1 Å². The fourth-order valence-electron chi connectivity index (χ4n) is 11.0. The number of carboxylic acid groups (broad SMARTS) is 2. The van der Waals surface area contributed by atoms with Gasteiger partial charge in [-0.2, -0.15) is 37.0 Å². The van der Waals surface area contributed by atoms with Crippen molar-refractivity contribution >= 4 is 84.6 Å². The Kier molecular flexibility index (Phi) is 33.2. The van der Waals surface area contributed by atoms with E-state index in [2.05, 4.69) is 35.0 Å². The fraction of sp³-hybridized carbons (Fsp3) is 0.863. The average molecular weight is 1530 g/mol. The molecule has 45 nitrogen and oxygen atoms in total. The molecular weight excluding hydrogens is 1450 g/mol. The van der Waals surface area contributed by atoms with E-state index in [1.165, 1.54) is 0 Å². The molecule has 49 heteroatoms. The molecule has 0 aromatic rings. The molecule has 0 saturated carbocycles. The first-order chi connectivity index (χ1) is 47.1. The zero-order valence-electron chi connectivity index (χ0n) is 53.2. The summed E-state index contributed by atoms with van der Waals surface area (Å²) in [6, 6.07) is -4.21. The molecule has 0 spiro atoms. The number of amides is 6. The summed E-state index contributed by atoms with van der Waals surface area (Å²) in [6.07, 6.45) is -40.9. The lowest BCUT2D eigenvalue weighted by Crippen LogP contribution is -2.71. The highest BCUT2D eigenvalue weighted by Gasteiger charge is 2.59. The topological polar surface area (TPSA) is 655 Å². The maximum atomic E-state index is 12.9. The SMILES string of the molecule is CC(=O)N[C@H]1[C@H](O[C@H]2[C@H](O)[C@@H](O)[C@H](O[C@@H]3[C@@H](NC(C)=O)[C@H](O[C@H]4[C@H](O)[C@@H](O)[C@H](OCCNC(=O)CCOCCOCCOCCOCCNC(=O)CCCC[C@@H]5SC[C@@H]6NC(=O)N[C@@H]65)O[C@@H]4C(=O)O)O[C@H](CO)[C@@H]3OS(=O)(=O)O)O[C@@H]2C(=O)O)O[C@H](COS(=O)(=O)O)[C@H](OS(=O)(=O)O)[C@@H]1O. The highest BCUT2D eigenvalue weighted by molar-refractivity contribution is 8.00. The van der Waals surface area contributed by atoms with E-state index in [4.69, 9.17) is 61.0 Å².